The third-order valence-corrected chi connectivity index (χ3v) is 2.19. The minimum absolute atomic E-state index is 0.00694. The van der Waals surface area contributed by atoms with Crippen LogP contribution in [0.4, 0.5) is 4.39 Å². The van der Waals surface area contributed by atoms with E-state index in [1.165, 1.54) is 18.2 Å². The zero-order valence-electron chi connectivity index (χ0n) is 8.51. The van der Waals surface area contributed by atoms with Crippen LogP contribution < -0.4 is 0 Å². The minimum atomic E-state index is -1.28. The topological polar surface area (TPSA) is 67.5 Å². The summed E-state index contributed by atoms with van der Waals surface area (Å²) in [4.78, 5) is 22.4. The molecule has 5 heteroatoms. The van der Waals surface area contributed by atoms with Crippen LogP contribution in [-0.4, -0.2) is 16.9 Å². The van der Waals surface area contributed by atoms with Crippen LogP contribution in [0.15, 0.2) is 41.0 Å². The second-order valence-corrected chi connectivity index (χ2v) is 3.31. The molecule has 0 aliphatic rings. The molecule has 0 spiro atoms. The first-order valence-electron chi connectivity index (χ1n) is 4.70. The van der Waals surface area contributed by atoms with Gasteiger partial charge < -0.3 is 9.52 Å². The molecule has 1 aromatic heterocycles. The third kappa shape index (κ3) is 2.08. The van der Waals surface area contributed by atoms with Gasteiger partial charge in [-0.2, -0.15) is 0 Å². The van der Waals surface area contributed by atoms with E-state index in [0.717, 1.165) is 18.4 Å². The molecule has 4 nitrogen and oxygen atoms in total. The van der Waals surface area contributed by atoms with Crippen molar-refractivity contribution in [2.24, 2.45) is 0 Å². The molecule has 1 heterocycles. The smallest absolute Gasteiger partial charge is 0.371 e. The number of carboxylic acids is 1. The minimum Gasteiger partial charge on any atom is -0.475 e. The number of aromatic carboxylic acids is 1. The van der Waals surface area contributed by atoms with E-state index in [0.29, 0.717) is 0 Å². The fourth-order valence-electron chi connectivity index (χ4n) is 1.37. The van der Waals surface area contributed by atoms with Gasteiger partial charge in [0.2, 0.25) is 5.76 Å². The Morgan fingerprint density at radius 2 is 1.94 bits per heavy atom. The Morgan fingerprint density at radius 1 is 1.24 bits per heavy atom. The summed E-state index contributed by atoms with van der Waals surface area (Å²) >= 11 is 0. The van der Waals surface area contributed by atoms with E-state index in [1.54, 1.807) is 0 Å². The zero-order chi connectivity index (χ0) is 12.4. The molecule has 1 aromatic carbocycles. The lowest BCUT2D eigenvalue weighted by Crippen LogP contribution is -2.02. The van der Waals surface area contributed by atoms with Crippen molar-refractivity contribution in [3.05, 3.63) is 59.3 Å². The van der Waals surface area contributed by atoms with Crippen molar-refractivity contribution in [2.45, 2.75) is 0 Å². The summed E-state index contributed by atoms with van der Waals surface area (Å²) in [6.45, 7) is 0. The van der Waals surface area contributed by atoms with Gasteiger partial charge >= 0.3 is 5.97 Å². The van der Waals surface area contributed by atoms with Gasteiger partial charge in [-0.25, -0.2) is 9.18 Å². The molecule has 0 unspecified atom stereocenters. The average molecular weight is 234 g/mol. The molecule has 0 radical (unpaired) electrons. The average Bonchev–Trinajstić information content (AvgIpc) is 2.78. The third-order valence-electron chi connectivity index (χ3n) is 2.19. The normalized spacial score (nSPS) is 10.2. The molecule has 0 bridgehead atoms. The van der Waals surface area contributed by atoms with Crippen LogP contribution in [0.2, 0.25) is 0 Å². The van der Waals surface area contributed by atoms with Crippen LogP contribution in [0.3, 0.4) is 0 Å². The lowest BCUT2D eigenvalue weighted by Gasteiger charge is -1.98. The van der Waals surface area contributed by atoms with E-state index in [9.17, 15) is 14.0 Å². The highest BCUT2D eigenvalue weighted by atomic mass is 19.1. The van der Waals surface area contributed by atoms with E-state index in [4.69, 9.17) is 5.11 Å². The molecule has 0 saturated carbocycles. The van der Waals surface area contributed by atoms with Crippen molar-refractivity contribution >= 4 is 11.8 Å². The van der Waals surface area contributed by atoms with Crippen LogP contribution >= 0.6 is 0 Å². The van der Waals surface area contributed by atoms with Gasteiger partial charge in [-0.1, -0.05) is 12.1 Å². The summed E-state index contributed by atoms with van der Waals surface area (Å²) in [5, 5.41) is 8.63. The van der Waals surface area contributed by atoms with Crippen molar-refractivity contribution in [1.29, 1.82) is 0 Å². The van der Waals surface area contributed by atoms with Crippen LogP contribution in [0, 0.1) is 5.82 Å². The first-order chi connectivity index (χ1) is 8.09. The Kier molecular flexibility index (Phi) is 2.74. The number of hydrogen-bond acceptors (Lipinski definition) is 3. The second kappa shape index (κ2) is 4.21. The van der Waals surface area contributed by atoms with Gasteiger partial charge in [0.25, 0.3) is 0 Å². The fourth-order valence-corrected chi connectivity index (χ4v) is 1.37. The van der Waals surface area contributed by atoms with Crippen LogP contribution in [-0.2, 0) is 0 Å². The molecule has 0 amide bonds. The Bertz CT molecular complexity index is 586. The summed E-state index contributed by atoms with van der Waals surface area (Å²) in [5.41, 5.74) is -0.113. The van der Waals surface area contributed by atoms with Gasteiger partial charge in [0.1, 0.15) is 12.1 Å². The summed E-state index contributed by atoms with van der Waals surface area (Å²) < 4.78 is 18.0. The number of benzene rings is 1. The van der Waals surface area contributed by atoms with Crippen LogP contribution in [0.5, 0.6) is 0 Å². The van der Waals surface area contributed by atoms with Crippen molar-refractivity contribution in [2.75, 3.05) is 0 Å². The highest BCUT2D eigenvalue weighted by Crippen LogP contribution is 2.15. The Hall–Kier alpha value is -2.43. The molecular weight excluding hydrogens is 227 g/mol. The van der Waals surface area contributed by atoms with E-state index >= 15 is 0 Å². The van der Waals surface area contributed by atoms with Crippen molar-refractivity contribution < 1.29 is 23.5 Å². The number of carboxylic acid groups (broad SMARTS) is 1. The number of furan rings is 1. The molecule has 17 heavy (non-hydrogen) atoms. The summed E-state index contributed by atoms with van der Waals surface area (Å²) in [6, 6.07) is 6.53. The predicted molar refractivity (Wildman–Crippen MR) is 55.5 cm³/mol. The highest BCUT2D eigenvalue weighted by molar-refractivity contribution is 6.09. The predicted octanol–water partition coefficient (Wildman–Crippen LogP) is 2.35. The summed E-state index contributed by atoms with van der Waals surface area (Å²) in [7, 11) is 0. The molecule has 0 aliphatic carbocycles. The first kappa shape index (κ1) is 11.1. The summed E-state index contributed by atoms with van der Waals surface area (Å²) in [6.07, 6.45) is 0.998. The lowest BCUT2D eigenvalue weighted by molar-refractivity contribution is 0.0662. The van der Waals surface area contributed by atoms with Gasteiger partial charge in [0.05, 0.1) is 11.1 Å². The number of carbonyl (C=O) groups is 2. The van der Waals surface area contributed by atoms with E-state index in [-0.39, 0.29) is 16.9 Å². The molecule has 0 saturated heterocycles. The van der Waals surface area contributed by atoms with Crippen molar-refractivity contribution in [3.8, 4) is 0 Å². The largest absolute Gasteiger partial charge is 0.475 e. The van der Waals surface area contributed by atoms with E-state index in [2.05, 4.69) is 4.42 Å². The second-order valence-electron chi connectivity index (χ2n) is 3.31. The first-order valence-corrected chi connectivity index (χ1v) is 4.70. The maximum absolute atomic E-state index is 13.3. The molecular formula is C12H7FO4. The number of rotatable bonds is 3. The molecule has 2 aromatic rings. The number of ketones is 1. The van der Waals surface area contributed by atoms with E-state index < -0.39 is 17.6 Å². The highest BCUT2D eigenvalue weighted by Gasteiger charge is 2.18. The Balaban J connectivity index is 2.37. The summed E-state index contributed by atoms with van der Waals surface area (Å²) in [5.74, 6) is -2.91. The molecule has 86 valence electrons. The quantitative estimate of drug-likeness (QED) is 0.827. The molecule has 0 fully saturated rings. The van der Waals surface area contributed by atoms with Gasteiger partial charge in [-0.05, 0) is 12.1 Å². The maximum Gasteiger partial charge on any atom is 0.371 e. The molecule has 0 aliphatic heterocycles. The van der Waals surface area contributed by atoms with Crippen LogP contribution in [0.25, 0.3) is 0 Å². The lowest BCUT2D eigenvalue weighted by atomic mass is 10.1. The van der Waals surface area contributed by atoms with E-state index in [1.807, 2.05) is 0 Å². The Morgan fingerprint density at radius 3 is 2.53 bits per heavy atom. The van der Waals surface area contributed by atoms with Gasteiger partial charge in [0.15, 0.2) is 5.78 Å². The maximum atomic E-state index is 13.3. The van der Waals surface area contributed by atoms with Gasteiger partial charge in [0, 0.05) is 6.07 Å². The SMILES string of the molecule is O=C(O)c1cc(C(=O)c2ccccc2F)co1. The molecule has 0 atom stereocenters. The zero-order valence-corrected chi connectivity index (χ0v) is 8.51. The number of carbonyl (C=O) groups excluding carboxylic acids is 1. The van der Waals surface area contributed by atoms with Gasteiger partial charge in [-0.15, -0.1) is 0 Å². The number of hydrogen-bond donors (Lipinski definition) is 1. The van der Waals surface area contributed by atoms with Gasteiger partial charge in [-0.3, -0.25) is 4.79 Å². The standard InChI is InChI=1S/C12H7FO4/c13-9-4-2-1-3-8(9)11(14)7-5-10(12(15)16)17-6-7/h1-6H,(H,15,16). The van der Waals surface area contributed by atoms with Crippen LogP contribution in [0.1, 0.15) is 26.5 Å². The van der Waals surface area contributed by atoms with Crippen molar-refractivity contribution in [3.63, 3.8) is 0 Å². The monoisotopic (exact) mass is 234 g/mol. The fraction of sp³-hybridized carbons (Fsp3) is 0. The Labute approximate surface area is 95.3 Å². The number of halogens is 1. The van der Waals surface area contributed by atoms with Crippen molar-refractivity contribution in [1.82, 2.24) is 0 Å². The molecule has 1 N–H and O–H groups in total. The molecule has 2 rings (SSSR count).